The molecule has 6 nitrogen and oxygen atoms in total. The van der Waals surface area contributed by atoms with Crippen molar-refractivity contribution in [2.45, 2.75) is 6.42 Å². The zero-order chi connectivity index (χ0) is 14.7. The number of anilines is 1. The monoisotopic (exact) mass is 305 g/mol. The summed E-state index contributed by atoms with van der Waals surface area (Å²) in [5.74, 6) is 1.16. The summed E-state index contributed by atoms with van der Waals surface area (Å²) in [7, 11) is 1.84. The lowest BCUT2D eigenvalue weighted by Crippen LogP contribution is -2.25. The van der Waals surface area contributed by atoms with Crippen molar-refractivity contribution < 1.29 is 14.3 Å². The summed E-state index contributed by atoms with van der Waals surface area (Å²) in [5.41, 5.74) is 1.53. The maximum Gasteiger partial charge on any atom is 0.251 e. The number of hydrogen-bond acceptors (Lipinski definition) is 6. The standard InChI is InChI=1S/C14H15N3O3S/c1-15-14-17-10(7-21-14)4-5-16-13(18)9-2-3-11-12(6-9)20-8-19-11/h2-3,6-7H,4-5,8H2,1H3,(H,15,17)(H,16,18). The van der Waals surface area contributed by atoms with Gasteiger partial charge in [0, 0.05) is 31.0 Å². The highest BCUT2D eigenvalue weighted by atomic mass is 32.1. The molecule has 1 aromatic heterocycles. The summed E-state index contributed by atoms with van der Waals surface area (Å²) in [5, 5.41) is 8.73. The van der Waals surface area contributed by atoms with Crippen LogP contribution in [0.4, 0.5) is 5.13 Å². The number of hydrogen-bond donors (Lipinski definition) is 2. The molecule has 1 aliphatic rings. The molecule has 0 spiro atoms. The molecular weight excluding hydrogens is 290 g/mol. The van der Waals surface area contributed by atoms with E-state index in [1.807, 2.05) is 12.4 Å². The van der Waals surface area contributed by atoms with E-state index in [4.69, 9.17) is 9.47 Å². The zero-order valence-electron chi connectivity index (χ0n) is 11.5. The van der Waals surface area contributed by atoms with Crippen LogP contribution in [0.25, 0.3) is 0 Å². The Kier molecular flexibility index (Phi) is 3.92. The van der Waals surface area contributed by atoms with Crippen molar-refractivity contribution in [3.05, 3.63) is 34.8 Å². The molecule has 2 heterocycles. The van der Waals surface area contributed by atoms with Gasteiger partial charge in [0.05, 0.1) is 5.69 Å². The lowest BCUT2D eigenvalue weighted by molar-refractivity contribution is 0.0953. The van der Waals surface area contributed by atoms with Gasteiger partial charge >= 0.3 is 0 Å². The summed E-state index contributed by atoms with van der Waals surface area (Å²) in [6, 6.07) is 5.17. The quantitative estimate of drug-likeness (QED) is 0.882. The van der Waals surface area contributed by atoms with Crippen LogP contribution in [-0.4, -0.2) is 31.3 Å². The highest BCUT2D eigenvalue weighted by Crippen LogP contribution is 2.32. The number of nitrogens with one attached hydrogen (secondary N) is 2. The number of carbonyl (C=O) groups excluding carboxylic acids is 1. The Morgan fingerprint density at radius 1 is 1.38 bits per heavy atom. The van der Waals surface area contributed by atoms with Gasteiger partial charge in [-0.25, -0.2) is 4.98 Å². The first-order valence-electron chi connectivity index (χ1n) is 6.56. The smallest absolute Gasteiger partial charge is 0.251 e. The minimum Gasteiger partial charge on any atom is -0.454 e. The Balaban J connectivity index is 1.54. The first-order valence-corrected chi connectivity index (χ1v) is 7.44. The van der Waals surface area contributed by atoms with Crippen LogP contribution in [0.3, 0.4) is 0 Å². The number of benzene rings is 1. The maximum absolute atomic E-state index is 12.1. The Morgan fingerprint density at radius 3 is 3.05 bits per heavy atom. The van der Waals surface area contributed by atoms with Crippen LogP contribution >= 0.6 is 11.3 Å². The summed E-state index contributed by atoms with van der Waals surface area (Å²) in [6.45, 7) is 0.748. The second-order valence-corrected chi connectivity index (χ2v) is 5.33. The van der Waals surface area contributed by atoms with E-state index in [1.54, 1.807) is 29.5 Å². The van der Waals surface area contributed by atoms with Crippen molar-refractivity contribution in [2.75, 3.05) is 25.7 Å². The van der Waals surface area contributed by atoms with Gasteiger partial charge in [-0.05, 0) is 18.2 Å². The van der Waals surface area contributed by atoms with Gasteiger partial charge in [-0.2, -0.15) is 0 Å². The number of ether oxygens (including phenoxy) is 2. The van der Waals surface area contributed by atoms with E-state index in [1.165, 1.54) is 0 Å². The van der Waals surface area contributed by atoms with E-state index in [-0.39, 0.29) is 12.7 Å². The van der Waals surface area contributed by atoms with Crippen LogP contribution in [0.15, 0.2) is 23.6 Å². The van der Waals surface area contributed by atoms with Gasteiger partial charge in [0.15, 0.2) is 16.6 Å². The number of fused-ring (bicyclic) bond motifs is 1. The van der Waals surface area contributed by atoms with Crippen molar-refractivity contribution >= 4 is 22.4 Å². The van der Waals surface area contributed by atoms with Gasteiger partial charge in [-0.1, -0.05) is 0 Å². The van der Waals surface area contributed by atoms with Crippen molar-refractivity contribution in [1.82, 2.24) is 10.3 Å². The van der Waals surface area contributed by atoms with E-state index in [0.717, 1.165) is 10.8 Å². The molecule has 0 saturated heterocycles. The molecule has 0 unspecified atom stereocenters. The molecule has 0 aliphatic carbocycles. The fourth-order valence-electron chi connectivity index (χ4n) is 1.98. The van der Waals surface area contributed by atoms with Crippen LogP contribution in [0, 0.1) is 0 Å². The number of rotatable bonds is 5. The van der Waals surface area contributed by atoms with Gasteiger partial charge < -0.3 is 20.1 Å². The molecule has 0 atom stereocenters. The molecule has 2 aromatic rings. The molecule has 0 bridgehead atoms. The predicted molar refractivity (Wildman–Crippen MR) is 80.3 cm³/mol. The SMILES string of the molecule is CNc1nc(CCNC(=O)c2ccc3c(c2)OCO3)cs1. The van der Waals surface area contributed by atoms with Gasteiger partial charge in [-0.3, -0.25) is 4.79 Å². The lowest BCUT2D eigenvalue weighted by Gasteiger charge is -2.05. The minimum absolute atomic E-state index is 0.127. The van der Waals surface area contributed by atoms with E-state index in [0.29, 0.717) is 30.0 Å². The topological polar surface area (TPSA) is 72.5 Å². The first kappa shape index (κ1) is 13.7. The molecule has 3 rings (SSSR count). The van der Waals surface area contributed by atoms with Gasteiger partial charge in [-0.15, -0.1) is 11.3 Å². The fraction of sp³-hybridized carbons (Fsp3) is 0.286. The van der Waals surface area contributed by atoms with Gasteiger partial charge in [0.25, 0.3) is 5.91 Å². The van der Waals surface area contributed by atoms with E-state index in [2.05, 4.69) is 15.6 Å². The minimum atomic E-state index is -0.127. The lowest BCUT2D eigenvalue weighted by atomic mass is 10.2. The van der Waals surface area contributed by atoms with Crippen LogP contribution < -0.4 is 20.1 Å². The van der Waals surface area contributed by atoms with E-state index < -0.39 is 0 Å². The predicted octanol–water partition coefficient (Wildman–Crippen LogP) is 1.89. The molecular formula is C14H15N3O3S. The first-order chi connectivity index (χ1) is 10.3. The summed E-state index contributed by atoms with van der Waals surface area (Å²) in [6.07, 6.45) is 0.703. The summed E-state index contributed by atoms with van der Waals surface area (Å²) >= 11 is 1.55. The second kappa shape index (κ2) is 6.01. The normalized spacial score (nSPS) is 12.2. The number of amides is 1. The van der Waals surface area contributed by atoms with Crippen LogP contribution in [-0.2, 0) is 6.42 Å². The summed E-state index contributed by atoms with van der Waals surface area (Å²) in [4.78, 5) is 16.4. The van der Waals surface area contributed by atoms with Crippen molar-refractivity contribution in [1.29, 1.82) is 0 Å². The van der Waals surface area contributed by atoms with E-state index in [9.17, 15) is 4.79 Å². The largest absolute Gasteiger partial charge is 0.454 e. The van der Waals surface area contributed by atoms with E-state index >= 15 is 0 Å². The number of carbonyl (C=O) groups is 1. The third-order valence-electron chi connectivity index (χ3n) is 3.07. The molecule has 7 heteroatoms. The molecule has 1 aromatic carbocycles. The Bertz CT molecular complexity index is 657. The number of aromatic nitrogens is 1. The Labute approximate surface area is 126 Å². The molecule has 1 amide bonds. The van der Waals surface area contributed by atoms with Crippen molar-refractivity contribution in [3.8, 4) is 11.5 Å². The average Bonchev–Trinajstić information content (AvgIpc) is 3.14. The fourth-order valence-corrected chi connectivity index (χ4v) is 2.69. The average molecular weight is 305 g/mol. The third-order valence-corrected chi connectivity index (χ3v) is 3.98. The zero-order valence-corrected chi connectivity index (χ0v) is 12.3. The molecule has 0 fully saturated rings. The third kappa shape index (κ3) is 3.08. The Morgan fingerprint density at radius 2 is 2.24 bits per heavy atom. The molecule has 110 valence electrons. The number of thiazole rings is 1. The van der Waals surface area contributed by atoms with Gasteiger partial charge in [0.2, 0.25) is 6.79 Å². The molecule has 0 saturated carbocycles. The highest BCUT2D eigenvalue weighted by Gasteiger charge is 2.15. The van der Waals surface area contributed by atoms with Gasteiger partial charge in [0.1, 0.15) is 0 Å². The molecule has 2 N–H and O–H groups in total. The van der Waals surface area contributed by atoms with Crippen molar-refractivity contribution in [3.63, 3.8) is 0 Å². The maximum atomic E-state index is 12.1. The molecule has 1 aliphatic heterocycles. The summed E-state index contributed by atoms with van der Waals surface area (Å²) < 4.78 is 10.5. The second-order valence-electron chi connectivity index (χ2n) is 4.47. The highest BCUT2D eigenvalue weighted by molar-refractivity contribution is 7.13. The van der Waals surface area contributed by atoms with Crippen LogP contribution in [0.5, 0.6) is 11.5 Å². The van der Waals surface area contributed by atoms with Crippen LogP contribution in [0.2, 0.25) is 0 Å². The Hall–Kier alpha value is -2.28. The molecule has 21 heavy (non-hydrogen) atoms. The number of nitrogens with zero attached hydrogens (tertiary/aromatic N) is 1. The van der Waals surface area contributed by atoms with Crippen molar-refractivity contribution in [2.24, 2.45) is 0 Å². The van der Waals surface area contributed by atoms with Crippen LogP contribution in [0.1, 0.15) is 16.1 Å². The molecule has 0 radical (unpaired) electrons.